The fraction of sp³-hybridized carbons (Fsp3) is 0.120. The Hall–Kier alpha value is -3.71. The van der Waals surface area contributed by atoms with Gasteiger partial charge in [0.1, 0.15) is 12.3 Å². The first kappa shape index (κ1) is 21.5. The highest BCUT2D eigenvalue weighted by atomic mass is 32.2. The van der Waals surface area contributed by atoms with E-state index in [-0.39, 0.29) is 18.7 Å². The average molecular weight is 444 g/mol. The number of hydrogen-bond donors (Lipinski definition) is 1. The van der Waals surface area contributed by atoms with Gasteiger partial charge in [0.15, 0.2) is 0 Å². The maximum atomic E-state index is 12.8. The molecule has 0 spiro atoms. The van der Waals surface area contributed by atoms with Crippen LogP contribution in [-0.4, -0.2) is 35.0 Å². The molecule has 1 heterocycles. The van der Waals surface area contributed by atoms with Gasteiger partial charge in [0.25, 0.3) is 5.91 Å². The van der Waals surface area contributed by atoms with Crippen molar-refractivity contribution in [3.05, 3.63) is 90.0 Å². The van der Waals surface area contributed by atoms with Gasteiger partial charge in [0, 0.05) is 21.9 Å². The Balaban J connectivity index is 1.43. The summed E-state index contributed by atoms with van der Waals surface area (Å²) in [7, 11) is 0. The minimum Gasteiger partial charge on any atom is -0.325 e. The number of aryl methyl sites for hydroxylation is 1. The minimum atomic E-state index is -0.711. The van der Waals surface area contributed by atoms with Gasteiger partial charge in [-0.1, -0.05) is 60.3 Å². The van der Waals surface area contributed by atoms with Crippen molar-refractivity contribution in [1.82, 2.24) is 4.90 Å². The lowest BCUT2D eigenvalue weighted by atomic mass is 10.1. The van der Waals surface area contributed by atoms with Gasteiger partial charge in [0.2, 0.25) is 5.91 Å². The van der Waals surface area contributed by atoms with Crippen LogP contribution in [0.2, 0.25) is 0 Å². The number of benzene rings is 3. The number of nitrogens with zero attached hydrogens (tertiary/aromatic N) is 2. The van der Waals surface area contributed by atoms with E-state index >= 15 is 0 Å². The molecule has 0 unspecified atom stereocenters. The summed E-state index contributed by atoms with van der Waals surface area (Å²) >= 11 is 1.58. The summed E-state index contributed by atoms with van der Waals surface area (Å²) in [6, 6.07) is 24.2. The van der Waals surface area contributed by atoms with Crippen molar-refractivity contribution in [2.75, 3.05) is 11.9 Å². The van der Waals surface area contributed by atoms with Gasteiger partial charge < -0.3 is 5.32 Å². The van der Waals surface area contributed by atoms with Crippen LogP contribution in [0, 0.1) is 6.92 Å². The summed E-state index contributed by atoms with van der Waals surface area (Å²) in [5.41, 5.74) is 2.64. The molecule has 160 valence electrons. The van der Waals surface area contributed by atoms with Crippen molar-refractivity contribution in [2.45, 2.75) is 23.1 Å². The number of imide groups is 1. The first-order valence-electron chi connectivity index (χ1n) is 10.1. The Labute approximate surface area is 190 Å². The predicted molar refractivity (Wildman–Crippen MR) is 125 cm³/mol. The maximum absolute atomic E-state index is 12.8. The zero-order chi connectivity index (χ0) is 22.5. The third-order valence-corrected chi connectivity index (χ3v) is 5.98. The summed E-state index contributed by atoms with van der Waals surface area (Å²) in [5.74, 6) is -0.984. The second kappa shape index (κ2) is 9.62. The maximum Gasteiger partial charge on any atom is 0.351 e. The predicted octanol–water partition coefficient (Wildman–Crippen LogP) is 4.73. The van der Waals surface area contributed by atoms with Crippen LogP contribution < -0.4 is 5.32 Å². The Kier molecular flexibility index (Phi) is 6.47. The highest BCUT2D eigenvalue weighted by molar-refractivity contribution is 7.99. The summed E-state index contributed by atoms with van der Waals surface area (Å²) in [6.45, 7) is 1.54. The van der Waals surface area contributed by atoms with Crippen LogP contribution >= 0.6 is 11.8 Å². The topological polar surface area (TPSA) is 78.8 Å². The van der Waals surface area contributed by atoms with Crippen LogP contribution in [0.25, 0.3) is 0 Å². The zero-order valence-electron chi connectivity index (χ0n) is 17.4. The number of carbonyl (C=O) groups excluding carboxylic acids is 3. The molecule has 0 saturated carbocycles. The van der Waals surface area contributed by atoms with E-state index < -0.39 is 17.8 Å². The SMILES string of the molecule is Cc1cccc(NC(=O)CN2C(=O)N=C(Cc3ccccc3Sc3ccccc3)C2=O)c1. The molecule has 4 rings (SSSR count). The highest BCUT2D eigenvalue weighted by Gasteiger charge is 2.34. The summed E-state index contributed by atoms with van der Waals surface area (Å²) < 4.78 is 0. The van der Waals surface area contributed by atoms with Crippen molar-refractivity contribution in [1.29, 1.82) is 0 Å². The lowest BCUT2D eigenvalue weighted by Crippen LogP contribution is -2.39. The summed E-state index contributed by atoms with van der Waals surface area (Å²) in [6.07, 6.45) is 0.219. The highest BCUT2D eigenvalue weighted by Crippen LogP contribution is 2.31. The van der Waals surface area contributed by atoms with E-state index in [1.54, 1.807) is 17.8 Å². The smallest absolute Gasteiger partial charge is 0.325 e. The monoisotopic (exact) mass is 443 g/mol. The molecule has 0 saturated heterocycles. The van der Waals surface area contributed by atoms with E-state index in [9.17, 15) is 14.4 Å². The lowest BCUT2D eigenvalue weighted by molar-refractivity contribution is -0.125. The van der Waals surface area contributed by atoms with Crippen LogP contribution in [0.5, 0.6) is 0 Å². The van der Waals surface area contributed by atoms with Crippen LogP contribution in [0.1, 0.15) is 11.1 Å². The van der Waals surface area contributed by atoms with Crippen LogP contribution in [0.3, 0.4) is 0 Å². The molecule has 1 aliphatic rings. The third kappa shape index (κ3) is 5.12. The number of aliphatic imine (C=N–C) groups is 1. The molecular formula is C25H21N3O3S. The molecule has 3 aromatic rings. The van der Waals surface area contributed by atoms with Gasteiger partial charge in [-0.05, 0) is 48.4 Å². The number of amides is 4. The van der Waals surface area contributed by atoms with E-state index in [0.29, 0.717) is 5.69 Å². The largest absolute Gasteiger partial charge is 0.351 e. The molecule has 6 nitrogen and oxygen atoms in total. The van der Waals surface area contributed by atoms with Crippen molar-refractivity contribution in [3.8, 4) is 0 Å². The summed E-state index contributed by atoms with van der Waals surface area (Å²) in [5, 5.41) is 2.71. The molecule has 0 atom stereocenters. The van der Waals surface area contributed by atoms with Crippen molar-refractivity contribution < 1.29 is 14.4 Å². The quantitative estimate of drug-likeness (QED) is 0.573. The normalized spacial score (nSPS) is 13.3. The molecule has 4 amide bonds. The first-order valence-corrected chi connectivity index (χ1v) is 10.9. The second-order valence-corrected chi connectivity index (χ2v) is 8.46. The van der Waals surface area contributed by atoms with Crippen LogP contribution in [0.15, 0.2) is 93.6 Å². The first-order chi connectivity index (χ1) is 15.5. The molecule has 32 heavy (non-hydrogen) atoms. The minimum absolute atomic E-state index is 0.138. The Morgan fingerprint density at radius 3 is 2.50 bits per heavy atom. The van der Waals surface area contributed by atoms with Crippen LogP contribution in [-0.2, 0) is 16.0 Å². The van der Waals surface area contributed by atoms with E-state index in [1.807, 2.05) is 79.7 Å². The molecule has 0 aliphatic carbocycles. The molecule has 0 aromatic heterocycles. The Morgan fingerprint density at radius 1 is 0.969 bits per heavy atom. The number of hydrogen-bond acceptors (Lipinski definition) is 4. The molecular weight excluding hydrogens is 422 g/mol. The second-order valence-electron chi connectivity index (χ2n) is 7.35. The fourth-order valence-corrected chi connectivity index (χ4v) is 4.30. The number of carbonyl (C=O) groups is 3. The lowest BCUT2D eigenvalue weighted by Gasteiger charge is -2.13. The Morgan fingerprint density at radius 2 is 1.72 bits per heavy atom. The van der Waals surface area contributed by atoms with E-state index in [1.165, 1.54) is 0 Å². The standard InChI is InChI=1S/C25H21N3O3S/c1-17-8-7-10-19(14-17)26-23(29)16-28-24(30)21(27-25(28)31)15-18-9-5-6-13-22(18)32-20-11-3-2-4-12-20/h2-14H,15-16H2,1H3,(H,26,29). The average Bonchev–Trinajstić information content (AvgIpc) is 3.03. The fourth-order valence-electron chi connectivity index (χ4n) is 3.33. The van der Waals surface area contributed by atoms with Gasteiger partial charge in [-0.2, -0.15) is 4.99 Å². The molecule has 7 heteroatoms. The van der Waals surface area contributed by atoms with Gasteiger partial charge in [0.05, 0.1) is 0 Å². The van der Waals surface area contributed by atoms with Gasteiger partial charge in [-0.3, -0.25) is 9.59 Å². The molecule has 0 radical (unpaired) electrons. The van der Waals surface area contributed by atoms with Gasteiger partial charge >= 0.3 is 6.03 Å². The van der Waals surface area contributed by atoms with Crippen molar-refractivity contribution >= 4 is 41.0 Å². The number of rotatable bonds is 7. The third-order valence-electron chi connectivity index (χ3n) is 4.86. The van der Waals surface area contributed by atoms with E-state index in [4.69, 9.17) is 0 Å². The molecule has 0 bridgehead atoms. The number of nitrogens with one attached hydrogen (secondary N) is 1. The van der Waals surface area contributed by atoms with Crippen molar-refractivity contribution in [2.24, 2.45) is 4.99 Å². The number of urea groups is 1. The summed E-state index contributed by atoms with van der Waals surface area (Å²) in [4.78, 5) is 44.4. The van der Waals surface area contributed by atoms with Gasteiger partial charge in [-0.25, -0.2) is 9.69 Å². The zero-order valence-corrected chi connectivity index (χ0v) is 18.3. The molecule has 0 fully saturated rings. The molecule has 1 aliphatic heterocycles. The number of anilines is 1. The van der Waals surface area contributed by atoms with E-state index in [2.05, 4.69) is 10.3 Å². The molecule has 1 N–H and O–H groups in total. The van der Waals surface area contributed by atoms with Crippen LogP contribution in [0.4, 0.5) is 10.5 Å². The van der Waals surface area contributed by atoms with E-state index in [0.717, 1.165) is 25.8 Å². The van der Waals surface area contributed by atoms with Crippen molar-refractivity contribution in [3.63, 3.8) is 0 Å². The molecule has 3 aromatic carbocycles. The van der Waals surface area contributed by atoms with Gasteiger partial charge in [-0.15, -0.1) is 0 Å². The Bertz CT molecular complexity index is 1210.